The van der Waals surface area contributed by atoms with Crippen LogP contribution in [0.15, 0.2) is 48.5 Å². The Kier molecular flexibility index (Phi) is 41.5. The number of nitrogens with two attached hydrogens (primary N) is 3. The van der Waals surface area contributed by atoms with Gasteiger partial charge in [-0.3, -0.25) is 19.2 Å². The molecule has 0 spiro atoms. The summed E-state index contributed by atoms with van der Waals surface area (Å²) in [4.78, 5) is 95.7. The van der Waals surface area contributed by atoms with E-state index in [0.29, 0.717) is 30.5 Å². The van der Waals surface area contributed by atoms with Crippen LogP contribution in [0.3, 0.4) is 0 Å². The molecule has 0 heterocycles. The summed E-state index contributed by atoms with van der Waals surface area (Å²) in [7, 11) is 0. The molecule has 2 aromatic carbocycles. The molecule has 73 heavy (non-hydrogen) atoms. The number of Topliss-reactive ketones (excluding diaryl/α,β-unsaturated/α-hetero) is 2. The molecule has 0 aromatic heterocycles. The van der Waals surface area contributed by atoms with Crippen LogP contribution in [0.5, 0.6) is 0 Å². The molecule has 25 heteroatoms. The van der Waals surface area contributed by atoms with Crippen LogP contribution in [-0.4, -0.2) is 99.4 Å². The highest BCUT2D eigenvalue weighted by Gasteiger charge is 2.32. The SMILES string of the molecule is CC(C)[C@H](NC(=O)OC(C)(C)C)C(=O)C[C@@H](CCCNC(N)=O)C(=O)Nc1ccc(CO)cc1.CC(C)[C@H](NC(=O)OC(C)(C)C)C(=O)C[C@@H](CCCNC(N)=O)C(=O)O.Nc1ccc(CO)cc1.S.S.S.S. The number of rotatable bonds is 23. The van der Waals surface area contributed by atoms with Crippen LogP contribution < -0.4 is 43.8 Å². The number of aliphatic carboxylic acids is 1. The molecule has 0 unspecified atom stereocenters. The van der Waals surface area contributed by atoms with Gasteiger partial charge in [0.05, 0.1) is 31.2 Å². The quantitative estimate of drug-likeness (QED) is 0.0480. The first-order valence-corrected chi connectivity index (χ1v) is 22.8. The Bertz CT molecular complexity index is 1950. The second kappa shape index (κ2) is 39.4. The van der Waals surface area contributed by atoms with Crippen molar-refractivity contribution >= 4 is 113 Å². The molecule has 420 valence electrons. The molecule has 4 atom stereocenters. The number of nitrogen functional groups attached to an aromatic ring is 1. The first kappa shape index (κ1) is 76.8. The Morgan fingerprint density at radius 1 is 0.575 bits per heavy atom. The third-order valence-corrected chi connectivity index (χ3v) is 9.61. The fraction of sp³-hybridized carbons (Fsp3) is 0.583. The molecule has 7 amide bonds. The van der Waals surface area contributed by atoms with E-state index in [1.807, 2.05) is 0 Å². The van der Waals surface area contributed by atoms with E-state index < -0.39 is 65.3 Å². The lowest BCUT2D eigenvalue weighted by atomic mass is 9.89. The molecule has 21 nitrogen and oxygen atoms in total. The first-order valence-electron chi connectivity index (χ1n) is 22.8. The van der Waals surface area contributed by atoms with Gasteiger partial charge in [0.1, 0.15) is 11.2 Å². The van der Waals surface area contributed by atoms with Gasteiger partial charge < -0.3 is 68.6 Å². The van der Waals surface area contributed by atoms with Gasteiger partial charge in [0.25, 0.3) is 0 Å². The third kappa shape index (κ3) is 37.3. The average molecular weight is 1110 g/mol. The van der Waals surface area contributed by atoms with Crippen molar-refractivity contribution in [3.05, 3.63) is 59.7 Å². The molecule has 0 saturated carbocycles. The lowest BCUT2D eigenvalue weighted by molar-refractivity contribution is -0.144. The molecule has 2 aromatic rings. The number of aliphatic hydroxyl groups excluding tert-OH is 2. The van der Waals surface area contributed by atoms with Gasteiger partial charge in [0, 0.05) is 43.2 Å². The number of primary amides is 2. The predicted octanol–water partition coefficient (Wildman–Crippen LogP) is 5.55. The summed E-state index contributed by atoms with van der Waals surface area (Å²) in [6.07, 6.45) is -0.400. The number of nitrogens with one attached hydrogen (secondary N) is 5. The summed E-state index contributed by atoms with van der Waals surface area (Å²) < 4.78 is 10.4. The fourth-order valence-corrected chi connectivity index (χ4v) is 6.17. The van der Waals surface area contributed by atoms with Crippen molar-refractivity contribution in [2.24, 2.45) is 35.1 Å². The van der Waals surface area contributed by atoms with Crippen LogP contribution in [-0.2, 0) is 41.9 Å². The molecular weight excluding hydrogens is 1020 g/mol. The molecule has 0 radical (unpaired) electrons. The maximum Gasteiger partial charge on any atom is 0.408 e. The van der Waals surface area contributed by atoms with Gasteiger partial charge in [0.2, 0.25) is 5.91 Å². The van der Waals surface area contributed by atoms with Crippen LogP contribution in [0.1, 0.15) is 119 Å². The van der Waals surface area contributed by atoms with E-state index in [4.69, 9.17) is 31.8 Å². The van der Waals surface area contributed by atoms with Gasteiger partial charge in [-0.1, -0.05) is 52.0 Å². The van der Waals surface area contributed by atoms with E-state index in [0.717, 1.165) is 11.3 Å². The van der Waals surface area contributed by atoms with Crippen molar-refractivity contribution in [1.29, 1.82) is 0 Å². The Labute approximate surface area is 458 Å². The molecule has 0 bridgehead atoms. The van der Waals surface area contributed by atoms with Crippen LogP contribution >= 0.6 is 54.0 Å². The fourth-order valence-electron chi connectivity index (χ4n) is 6.17. The van der Waals surface area contributed by atoms with E-state index in [1.54, 1.807) is 118 Å². The van der Waals surface area contributed by atoms with Crippen LogP contribution in [0.2, 0.25) is 0 Å². The summed E-state index contributed by atoms with van der Waals surface area (Å²) in [6, 6.07) is 10.8. The topological polar surface area (TPSA) is 354 Å². The molecular formula is C48H86N8O13S4. The highest BCUT2D eigenvalue weighted by molar-refractivity contribution is 7.59. The molecule has 0 aliphatic rings. The Hall–Kier alpha value is -5.08. The Balaban J connectivity index is -0.000000350. The van der Waals surface area contributed by atoms with E-state index >= 15 is 0 Å². The molecule has 14 N–H and O–H groups in total. The van der Waals surface area contributed by atoms with Gasteiger partial charge in [-0.15, -0.1) is 0 Å². The summed E-state index contributed by atoms with van der Waals surface area (Å²) >= 11 is 0. The minimum absolute atomic E-state index is 0. The molecule has 0 saturated heterocycles. The number of carboxylic acid groups (broad SMARTS) is 1. The maximum absolute atomic E-state index is 13.1. The number of ether oxygens (including phenoxy) is 2. The standard InChI is InChI=1S/C24H38N4O6.C17H31N3O6.C7H9NO.4H2S/c1-15(2)20(28-23(33)34-24(3,4)5)19(30)13-17(7-6-12-26-22(25)32)21(31)27-18-10-8-16(14-29)9-11-18;1-10(2)13(20-16(25)26-17(3,4)5)12(21)9-11(14(22)23)7-6-8-19-15(18)24;8-7-3-1-6(5-9)2-4-7;;;;/h8-11,15,17,20,29H,6-7,12-14H2,1-5H3,(H,27,31)(H,28,33)(H3,25,26,32);10-11,13H,6-9H2,1-5H3,(H,20,25)(H,22,23)(H3,18,19,24);1-4,9H,5,8H2;4*1H2/t17-,20+;11-,13+;;;;;/m11...../s1. The number of aliphatic hydroxyl groups is 2. The number of hydrogen-bond donors (Lipinski definition) is 11. The summed E-state index contributed by atoms with van der Waals surface area (Å²) in [5.41, 5.74) is 16.9. The van der Waals surface area contributed by atoms with Crippen LogP contribution in [0.4, 0.5) is 30.6 Å². The number of carbonyl (C=O) groups excluding carboxylic acids is 7. The summed E-state index contributed by atoms with van der Waals surface area (Å²) in [5.74, 6) is -4.16. The van der Waals surface area contributed by atoms with E-state index in [1.165, 1.54) is 0 Å². The molecule has 0 aliphatic carbocycles. The minimum Gasteiger partial charge on any atom is -0.481 e. The highest BCUT2D eigenvalue weighted by Crippen LogP contribution is 2.21. The Morgan fingerprint density at radius 2 is 0.918 bits per heavy atom. The number of anilines is 2. The van der Waals surface area contributed by atoms with Gasteiger partial charge >= 0.3 is 30.2 Å². The number of alkyl carbamates (subject to hydrolysis) is 2. The summed E-state index contributed by atoms with van der Waals surface area (Å²) in [6.45, 7) is 17.9. The predicted molar refractivity (Wildman–Crippen MR) is 303 cm³/mol. The zero-order chi connectivity index (χ0) is 53.1. The van der Waals surface area contributed by atoms with Crippen molar-refractivity contribution in [3.8, 4) is 0 Å². The van der Waals surface area contributed by atoms with E-state index in [-0.39, 0.29) is 129 Å². The van der Waals surface area contributed by atoms with Gasteiger partial charge in [-0.2, -0.15) is 54.0 Å². The maximum atomic E-state index is 13.1. The summed E-state index contributed by atoms with van der Waals surface area (Å²) in [5, 5.41) is 39.8. The third-order valence-electron chi connectivity index (χ3n) is 9.61. The monoisotopic (exact) mass is 1110 g/mol. The smallest absolute Gasteiger partial charge is 0.408 e. The van der Waals surface area contributed by atoms with Gasteiger partial charge in [0.15, 0.2) is 11.6 Å². The zero-order valence-corrected chi connectivity index (χ0v) is 47.8. The molecule has 0 fully saturated rings. The zero-order valence-electron chi connectivity index (χ0n) is 43.8. The number of carboxylic acids is 1. The second-order valence-corrected chi connectivity index (χ2v) is 18.9. The minimum atomic E-state index is -1.10. The van der Waals surface area contributed by atoms with Crippen molar-refractivity contribution in [2.45, 2.75) is 144 Å². The number of carbonyl (C=O) groups is 8. The van der Waals surface area contributed by atoms with Crippen molar-refractivity contribution in [3.63, 3.8) is 0 Å². The lowest BCUT2D eigenvalue weighted by Gasteiger charge is -2.26. The van der Waals surface area contributed by atoms with E-state index in [2.05, 4.69) is 26.6 Å². The average Bonchev–Trinajstić information content (AvgIpc) is 3.23. The molecule has 2 rings (SSSR count). The first-order chi connectivity index (χ1) is 32.0. The van der Waals surface area contributed by atoms with Crippen LogP contribution in [0.25, 0.3) is 0 Å². The van der Waals surface area contributed by atoms with Crippen molar-refractivity contribution < 1.29 is 63.1 Å². The number of amides is 7. The number of urea groups is 2. The normalized spacial score (nSPS) is 12.1. The Morgan fingerprint density at radius 3 is 1.23 bits per heavy atom. The second-order valence-electron chi connectivity index (χ2n) is 18.9. The molecule has 0 aliphatic heterocycles. The highest BCUT2D eigenvalue weighted by atomic mass is 32.1. The van der Waals surface area contributed by atoms with Crippen molar-refractivity contribution in [2.75, 3.05) is 24.1 Å². The number of hydrogen-bond acceptors (Lipinski definition) is 13. The largest absolute Gasteiger partial charge is 0.481 e. The van der Waals surface area contributed by atoms with Gasteiger partial charge in [-0.25, -0.2) is 19.2 Å². The number of benzene rings is 2. The van der Waals surface area contributed by atoms with E-state index in [9.17, 15) is 48.6 Å². The van der Waals surface area contributed by atoms with Crippen LogP contribution in [0, 0.1) is 23.7 Å². The van der Waals surface area contributed by atoms with Crippen molar-refractivity contribution in [1.82, 2.24) is 21.3 Å². The lowest BCUT2D eigenvalue weighted by Crippen LogP contribution is -2.47. The number of ketones is 2. The van der Waals surface area contributed by atoms with Gasteiger partial charge in [-0.05, 0) is 114 Å².